The average Bonchev–Trinajstić information content (AvgIpc) is 2.74. The van der Waals surface area contributed by atoms with E-state index in [2.05, 4.69) is 43.5 Å². The predicted octanol–water partition coefficient (Wildman–Crippen LogP) is 3.57. The monoisotopic (exact) mass is 348 g/mol. The zero-order valence-electron chi connectivity index (χ0n) is 12.3. The summed E-state index contributed by atoms with van der Waals surface area (Å²) < 4.78 is 3.36. The molecule has 2 aromatic rings. The SMILES string of the molecule is CN1C2CCCC1CC(n1c(N)nc3ccc(Br)cc31)C2. The van der Waals surface area contributed by atoms with E-state index in [1.165, 1.54) is 32.1 Å². The summed E-state index contributed by atoms with van der Waals surface area (Å²) in [4.78, 5) is 7.14. The van der Waals surface area contributed by atoms with Crippen LogP contribution in [0.1, 0.15) is 38.1 Å². The van der Waals surface area contributed by atoms with Gasteiger partial charge < -0.3 is 15.2 Å². The molecule has 4 rings (SSSR count). The Labute approximate surface area is 133 Å². The number of fused-ring (bicyclic) bond motifs is 3. The average molecular weight is 349 g/mol. The van der Waals surface area contributed by atoms with Gasteiger partial charge in [-0.25, -0.2) is 4.98 Å². The Bertz CT molecular complexity index is 666. The molecule has 0 saturated carbocycles. The van der Waals surface area contributed by atoms with E-state index in [1.807, 2.05) is 12.1 Å². The molecule has 2 saturated heterocycles. The first-order chi connectivity index (χ1) is 10.1. The molecule has 1 aromatic carbocycles. The lowest BCUT2D eigenvalue weighted by Crippen LogP contribution is -2.50. The molecule has 112 valence electrons. The Hall–Kier alpha value is -1.07. The zero-order valence-corrected chi connectivity index (χ0v) is 13.9. The third-order valence-electron chi connectivity index (χ3n) is 5.36. The molecule has 5 heteroatoms. The Kier molecular flexibility index (Phi) is 3.23. The van der Waals surface area contributed by atoms with E-state index in [9.17, 15) is 0 Å². The molecule has 0 spiro atoms. The van der Waals surface area contributed by atoms with Crippen LogP contribution >= 0.6 is 15.9 Å². The van der Waals surface area contributed by atoms with Gasteiger partial charge in [0.25, 0.3) is 0 Å². The minimum absolute atomic E-state index is 0.482. The number of hydrogen-bond donors (Lipinski definition) is 1. The van der Waals surface area contributed by atoms with Crippen LogP contribution in [0.5, 0.6) is 0 Å². The van der Waals surface area contributed by atoms with Crippen molar-refractivity contribution in [1.82, 2.24) is 14.5 Å². The molecule has 2 aliphatic rings. The van der Waals surface area contributed by atoms with Crippen LogP contribution < -0.4 is 5.73 Å². The summed E-state index contributed by atoms with van der Waals surface area (Å²) in [6, 6.07) is 8.10. The number of benzene rings is 1. The largest absolute Gasteiger partial charge is 0.369 e. The first-order valence-electron chi connectivity index (χ1n) is 7.78. The van der Waals surface area contributed by atoms with Crippen LogP contribution in [0.3, 0.4) is 0 Å². The molecular formula is C16H21BrN4. The van der Waals surface area contributed by atoms with Crippen molar-refractivity contribution in [3.05, 3.63) is 22.7 Å². The Morgan fingerprint density at radius 1 is 1.19 bits per heavy atom. The lowest BCUT2D eigenvalue weighted by atomic mass is 9.82. The fourth-order valence-corrected chi connectivity index (χ4v) is 4.62. The highest BCUT2D eigenvalue weighted by atomic mass is 79.9. The molecule has 2 atom stereocenters. The summed E-state index contributed by atoms with van der Waals surface area (Å²) in [6.45, 7) is 0. The number of nitrogens with zero attached hydrogens (tertiary/aromatic N) is 3. The number of nitrogen functional groups attached to an aromatic ring is 1. The topological polar surface area (TPSA) is 47.1 Å². The van der Waals surface area contributed by atoms with Crippen molar-refractivity contribution in [1.29, 1.82) is 0 Å². The summed E-state index contributed by atoms with van der Waals surface area (Å²) in [5.74, 6) is 0.663. The summed E-state index contributed by atoms with van der Waals surface area (Å²) in [5, 5.41) is 0. The number of nitrogens with two attached hydrogens (primary N) is 1. The molecule has 2 unspecified atom stereocenters. The van der Waals surface area contributed by atoms with Gasteiger partial charge in [0, 0.05) is 22.6 Å². The number of rotatable bonds is 1. The third kappa shape index (κ3) is 2.18. The van der Waals surface area contributed by atoms with Gasteiger partial charge in [0.05, 0.1) is 11.0 Å². The van der Waals surface area contributed by atoms with Gasteiger partial charge in [-0.1, -0.05) is 22.4 Å². The van der Waals surface area contributed by atoms with Crippen LogP contribution in [0.15, 0.2) is 22.7 Å². The second-order valence-electron chi connectivity index (χ2n) is 6.50. The van der Waals surface area contributed by atoms with Gasteiger partial charge in [0.15, 0.2) is 0 Å². The highest BCUT2D eigenvalue weighted by molar-refractivity contribution is 9.10. The van der Waals surface area contributed by atoms with Crippen molar-refractivity contribution in [2.75, 3.05) is 12.8 Å². The quantitative estimate of drug-likeness (QED) is 0.856. The molecule has 1 aromatic heterocycles. The van der Waals surface area contributed by atoms with E-state index in [0.29, 0.717) is 24.1 Å². The molecule has 2 aliphatic heterocycles. The first kappa shape index (κ1) is 13.6. The van der Waals surface area contributed by atoms with Crippen molar-refractivity contribution >= 4 is 32.9 Å². The predicted molar refractivity (Wildman–Crippen MR) is 89.3 cm³/mol. The molecule has 2 fully saturated rings. The van der Waals surface area contributed by atoms with Gasteiger partial charge in [-0.3, -0.25) is 0 Å². The normalized spacial score (nSPS) is 29.9. The Balaban J connectivity index is 1.76. The molecule has 2 N–H and O–H groups in total. The Morgan fingerprint density at radius 2 is 1.90 bits per heavy atom. The fourth-order valence-electron chi connectivity index (χ4n) is 4.27. The van der Waals surface area contributed by atoms with Crippen molar-refractivity contribution in [3.8, 4) is 0 Å². The van der Waals surface area contributed by atoms with Crippen molar-refractivity contribution < 1.29 is 0 Å². The van der Waals surface area contributed by atoms with E-state index in [0.717, 1.165) is 15.5 Å². The summed E-state index contributed by atoms with van der Waals surface area (Å²) >= 11 is 3.57. The summed E-state index contributed by atoms with van der Waals surface area (Å²) in [6.07, 6.45) is 6.39. The highest BCUT2D eigenvalue weighted by Crippen LogP contribution is 2.40. The van der Waals surface area contributed by atoms with Gasteiger partial charge in [-0.2, -0.15) is 0 Å². The van der Waals surface area contributed by atoms with E-state index in [1.54, 1.807) is 0 Å². The van der Waals surface area contributed by atoms with E-state index < -0.39 is 0 Å². The van der Waals surface area contributed by atoms with Gasteiger partial charge in [0.1, 0.15) is 0 Å². The number of imidazole rings is 1. The third-order valence-corrected chi connectivity index (χ3v) is 5.85. The van der Waals surface area contributed by atoms with Gasteiger partial charge in [-0.05, 0) is 50.9 Å². The number of aromatic nitrogens is 2. The molecule has 2 bridgehead atoms. The molecule has 0 radical (unpaired) electrons. The smallest absolute Gasteiger partial charge is 0.201 e. The van der Waals surface area contributed by atoms with Crippen LogP contribution in [0.25, 0.3) is 11.0 Å². The van der Waals surface area contributed by atoms with Gasteiger partial charge in [0.2, 0.25) is 5.95 Å². The van der Waals surface area contributed by atoms with Crippen LogP contribution in [0.4, 0.5) is 5.95 Å². The molecule has 21 heavy (non-hydrogen) atoms. The van der Waals surface area contributed by atoms with E-state index >= 15 is 0 Å². The van der Waals surface area contributed by atoms with Crippen LogP contribution in [0, 0.1) is 0 Å². The second kappa shape index (κ2) is 4.99. The molecule has 4 nitrogen and oxygen atoms in total. The number of piperidine rings is 2. The first-order valence-corrected chi connectivity index (χ1v) is 8.57. The van der Waals surface area contributed by atoms with E-state index in [4.69, 9.17) is 5.73 Å². The lowest BCUT2D eigenvalue weighted by Gasteiger charge is -2.47. The minimum Gasteiger partial charge on any atom is -0.369 e. The maximum atomic E-state index is 6.24. The van der Waals surface area contributed by atoms with Crippen LogP contribution in [0.2, 0.25) is 0 Å². The molecule has 0 amide bonds. The highest BCUT2D eigenvalue weighted by Gasteiger charge is 2.37. The fraction of sp³-hybridized carbons (Fsp3) is 0.562. The van der Waals surface area contributed by atoms with Crippen molar-refractivity contribution in [2.24, 2.45) is 0 Å². The maximum Gasteiger partial charge on any atom is 0.201 e. The van der Waals surface area contributed by atoms with Gasteiger partial charge in [-0.15, -0.1) is 0 Å². The number of anilines is 1. The van der Waals surface area contributed by atoms with E-state index in [-0.39, 0.29) is 0 Å². The zero-order chi connectivity index (χ0) is 14.6. The minimum atomic E-state index is 0.482. The lowest BCUT2D eigenvalue weighted by molar-refractivity contribution is 0.0415. The number of hydrogen-bond acceptors (Lipinski definition) is 3. The Morgan fingerprint density at radius 3 is 2.62 bits per heavy atom. The van der Waals surface area contributed by atoms with Crippen LogP contribution in [-0.4, -0.2) is 33.6 Å². The maximum absolute atomic E-state index is 6.24. The summed E-state index contributed by atoms with van der Waals surface area (Å²) in [5.41, 5.74) is 8.40. The molecule has 0 aliphatic carbocycles. The van der Waals surface area contributed by atoms with Crippen molar-refractivity contribution in [2.45, 2.75) is 50.2 Å². The van der Waals surface area contributed by atoms with Crippen molar-refractivity contribution in [3.63, 3.8) is 0 Å². The standard InChI is InChI=1S/C16H21BrN4/c1-20-11-3-2-4-12(20)9-13(8-11)21-15-7-10(17)5-6-14(15)19-16(21)18/h5-7,11-13H,2-4,8-9H2,1H3,(H2,18,19). The summed E-state index contributed by atoms with van der Waals surface area (Å²) in [7, 11) is 2.29. The number of halogens is 1. The second-order valence-corrected chi connectivity index (χ2v) is 7.42. The molecular weight excluding hydrogens is 328 g/mol. The van der Waals surface area contributed by atoms with Gasteiger partial charge >= 0.3 is 0 Å². The molecule has 3 heterocycles. The van der Waals surface area contributed by atoms with Crippen LogP contribution in [-0.2, 0) is 0 Å².